The lowest BCUT2D eigenvalue weighted by Crippen LogP contribution is -2.31. The first-order chi connectivity index (χ1) is 8.38. The smallest absolute Gasteiger partial charge is 0.240 e. The van der Waals surface area contributed by atoms with Crippen molar-refractivity contribution in [1.82, 2.24) is 4.72 Å². The van der Waals surface area contributed by atoms with Crippen molar-refractivity contribution in [3.63, 3.8) is 0 Å². The molecule has 0 spiro atoms. The summed E-state index contributed by atoms with van der Waals surface area (Å²) in [5.74, 6) is 0. The molecule has 0 atom stereocenters. The van der Waals surface area contributed by atoms with E-state index in [2.05, 4.69) is 4.72 Å². The first-order valence-corrected chi connectivity index (χ1v) is 7.61. The van der Waals surface area contributed by atoms with Crippen LogP contribution < -0.4 is 4.72 Å². The van der Waals surface area contributed by atoms with Crippen LogP contribution in [-0.4, -0.2) is 26.7 Å². The van der Waals surface area contributed by atoms with E-state index in [9.17, 15) is 8.42 Å². The molecule has 0 aromatic heterocycles. The fraction of sp³-hybridized carbons (Fsp3) is 0.500. The van der Waals surface area contributed by atoms with Crippen molar-refractivity contribution in [3.8, 4) is 0 Å². The van der Waals surface area contributed by atoms with Crippen LogP contribution in [0.25, 0.3) is 0 Å². The highest BCUT2D eigenvalue weighted by Gasteiger charge is 2.42. The second-order valence-electron chi connectivity index (χ2n) is 4.89. The molecule has 0 saturated heterocycles. The van der Waals surface area contributed by atoms with E-state index < -0.39 is 10.0 Å². The van der Waals surface area contributed by atoms with E-state index in [-0.39, 0.29) is 23.5 Å². The van der Waals surface area contributed by atoms with Crippen LogP contribution in [-0.2, 0) is 10.0 Å². The number of aliphatic hydroxyl groups excluding tert-OH is 1. The molecule has 1 aliphatic carbocycles. The van der Waals surface area contributed by atoms with E-state index in [1.165, 1.54) is 12.1 Å². The van der Waals surface area contributed by atoms with E-state index in [4.69, 9.17) is 16.7 Å². The van der Waals surface area contributed by atoms with Gasteiger partial charge in [-0.3, -0.25) is 0 Å². The molecule has 1 aliphatic rings. The number of sulfonamides is 1. The van der Waals surface area contributed by atoms with Crippen LogP contribution in [0.4, 0.5) is 0 Å². The lowest BCUT2D eigenvalue weighted by Gasteiger charge is -2.13. The normalized spacial score (nSPS) is 17.7. The summed E-state index contributed by atoms with van der Waals surface area (Å²) in [5.41, 5.74) is 0.589. The number of hydrogen-bond acceptors (Lipinski definition) is 3. The largest absolute Gasteiger partial charge is 0.396 e. The summed E-state index contributed by atoms with van der Waals surface area (Å²) >= 11 is 5.92. The molecule has 0 amide bonds. The van der Waals surface area contributed by atoms with Gasteiger partial charge in [-0.2, -0.15) is 0 Å². The Morgan fingerprint density at radius 3 is 2.61 bits per heavy atom. The highest BCUT2D eigenvalue weighted by molar-refractivity contribution is 7.89. The van der Waals surface area contributed by atoms with Gasteiger partial charge in [0, 0.05) is 23.6 Å². The molecule has 1 aromatic rings. The Bertz CT molecular complexity index is 552. The van der Waals surface area contributed by atoms with Crippen LogP contribution in [0.5, 0.6) is 0 Å². The van der Waals surface area contributed by atoms with Gasteiger partial charge in [-0.15, -0.1) is 0 Å². The number of nitrogens with one attached hydrogen (secondary N) is 1. The third kappa shape index (κ3) is 2.85. The molecule has 1 fully saturated rings. The van der Waals surface area contributed by atoms with Gasteiger partial charge in [0.15, 0.2) is 0 Å². The van der Waals surface area contributed by atoms with Crippen LogP contribution in [0.15, 0.2) is 23.1 Å². The standard InChI is InChI=1S/C12H16ClNO3S/c1-9-2-3-10(6-11(9)13)18(16,17)14-7-12(8-15)4-5-12/h2-3,6,14-15H,4-5,7-8H2,1H3. The topological polar surface area (TPSA) is 66.4 Å². The quantitative estimate of drug-likeness (QED) is 0.867. The zero-order valence-electron chi connectivity index (χ0n) is 10.1. The Morgan fingerprint density at radius 1 is 1.44 bits per heavy atom. The maximum atomic E-state index is 12.0. The summed E-state index contributed by atoms with van der Waals surface area (Å²) in [6, 6.07) is 4.65. The SMILES string of the molecule is Cc1ccc(S(=O)(=O)NCC2(CO)CC2)cc1Cl. The summed E-state index contributed by atoms with van der Waals surface area (Å²) in [7, 11) is -3.55. The Hall–Kier alpha value is -0.620. The zero-order chi connectivity index (χ0) is 13.4. The minimum absolute atomic E-state index is 0.0180. The maximum absolute atomic E-state index is 12.0. The maximum Gasteiger partial charge on any atom is 0.240 e. The van der Waals surface area contributed by atoms with Crippen molar-refractivity contribution < 1.29 is 13.5 Å². The molecule has 4 nitrogen and oxygen atoms in total. The number of aryl methyl sites for hydroxylation is 1. The second kappa shape index (κ2) is 4.81. The van der Waals surface area contributed by atoms with Crippen molar-refractivity contribution in [2.24, 2.45) is 5.41 Å². The predicted molar refractivity (Wildman–Crippen MR) is 70.1 cm³/mol. The van der Waals surface area contributed by atoms with Gasteiger partial charge in [-0.25, -0.2) is 13.1 Å². The minimum Gasteiger partial charge on any atom is -0.396 e. The molecule has 0 unspecified atom stereocenters. The molecule has 18 heavy (non-hydrogen) atoms. The average molecular weight is 290 g/mol. The highest BCUT2D eigenvalue weighted by atomic mass is 35.5. The van der Waals surface area contributed by atoms with Gasteiger partial charge in [-0.05, 0) is 37.5 Å². The van der Waals surface area contributed by atoms with E-state index in [1.54, 1.807) is 6.07 Å². The summed E-state index contributed by atoms with van der Waals surface area (Å²) in [5, 5.41) is 9.58. The summed E-state index contributed by atoms with van der Waals surface area (Å²) in [4.78, 5) is 0.159. The van der Waals surface area contributed by atoms with Crippen molar-refractivity contribution in [3.05, 3.63) is 28.8 Å². The third-order valence-corrected chi connectivity index (χ3v) is 5.19. The van der Waals surface area contributed by atoms with Gasteiger partial charge in [0.2, 0.25) is 10.0 Å². The third-order valence-electron chi connectivity index (χ3n) is 3.38. The van der Waals surface area contributed by atoms with Crippen LogP contribution in [0.1, 0.15) is 18.4 Å². The van der Waals surface area contributed by atoms with Crippen LogP contribution >= 0.6 is 11.6 Å². The van der Waals surface area contributed by atoms with E-state index in [0.29, 0.717) is 5.02 Å². The molecular formula is C12H16ClNO3S. The highest BCUT2D eigenvalue weighted by Crippen LogP contribution is 2.44. The molecule has 1 saturated carbocycles. The zero-order valence-corrected chi connectivity index (χ0v) is 11.7. The summed E-state index contributed by atoms with van der Waals surface area (Å²) < 4.78 is 26.6. The summed E-state index contributed by atoms with van der Waals surface area (Å²) in [6.45, 7) is 2.11. The Balaban J connectivity index is 2.13. The molecule has 2 rings (SSSR count). The molecule has 6 heteroatoms. The van der Waals surface area contributed by atoms with E-state index in [0.717, 1.165) is 18.4 Å². The van der Waals surface area contributed by atoms with Crippen molar-refractivity contribution in [2.75, 3.05) is 13.2 Å². The van der Waals surface area contributed by atoms with Gasteiger partial charge in [0.05, 0.1) is 4.90 Å². The number of hydrogen-bond donors (Lipinski definition) is 2. The van der Waals surface area contributed by atoms with Crippen molar-refractivity contribution in [2.45, 2.75) is 24.7 Å². The molecule has 2 N–H and O–H groups in total. The molecule has 0 heterocycles. The fourth-order valence-electron chi connectivity index (χ4n) is 1.64. The van der Waals surface area contributed by atoms with Gasteiger partial charge in [0.1, 0.15) is 0 Å². The van der Waals surface area contributed by atoms with Gasteiger partial charge < -0.3 is 5.11 Å². The lowest BCUT2D eigenvalue weighted by molar-refractivity contribution is 0.213. The molecular weight excluding hydrogens is 274 g/mol. The Kier molecular flexibility index (Phi) is 3.69. The first-order valence-electron chi connectivity index (χ1n) is 5.75. The van der Waals surface area contributed by atoms with E-state index >= 15 is 0 Å². The van der Waals surface area contributed by atoms with Crippen LogP contribution in [0.2, 0.25) is 5.02 Å². The second-order valence-corrected chi connectivity index (χ2v) is 7.07. The van der Waals surface area contributed by atoms with Gasteiger partial charge in [0.25, 0.3) is 0 Å². The van der Waals surface area contributed by atoms with Crippen molar-refractivity contribution in [1.29, 1.82) is 0 Å². The fourth-order valence-corrected chi connectivity index (χ4v) is 3.07. The number of aliphatic hydroxyl groups is 1. The minimum atomic E-state index is -3.55. The first kappa shape index (κ1) is 13.8. The van der Waals surface area contributed by atoms with Gasteiger partial charge in [-0.1, -0.05) is 17.7 Å². The predicted octanol–water partition coefficient (Wildman–Crippen LogP) is 1.70. The number of rotatable bonds is 5. The molecule has 1 aromatic carbocycles. The molecule has 0 aliphatic heterocycles. The lowest BCUT2D eigenvalue weighted by atomic mass is 10.1. The average Bonchev–Trinajstić information content (AvgIpc) is 3.11. The summed E-state index contributed by atoms with van der Waals surface area (Å²) in [6.07, 6.45) is 1.72. The van der Waals surface area contributed by atoms with E-state index in [1.807, 2.05) is 6.92 Å². The van der Waals surface area contributed by atoms with Crippen LogP contribution in [0.3, 0.4) is 0 Å². The monoisotopic (exact) mass is 289 g/mol. The molecule has 0 radical (unpaired) electrons. The van der Waals surface area contributed by atoms with Crippen LogP contribution in [0, 0.1) is 12.3 Å². The molecule has 100 valence electrons. The molecule has 0 bridgehead atoms. The van der Waals surface area contributed by atoms with Crippen molar-refractivity contribution >= 4 is 21.6 Å². The Morgan fingerprint density at radius 2 is 2.11 bits per heavy atom. The Labute approximate surface area is 112 Å². The number of benzene rings is 1. The number of halogens is 1. The van der Waals surface area contributed by atoms with Gasteiger partial charge >= 0.3 is 0 Å².